The fourth-order valence-corrected chi connectivity index (χ4v) is 6.02. The van der Waals surface area contributed by atoms with E-state index in [2.05, 4.69) is 101 Å². The van der Waals surface area contributed by atoms with Gasteiger partial charge in [-0.1, -0.05) is 117 Å². The summed E-state index contributed by atoms with van der Waals surface area (Å²) in [6.45, 7) is 18.2. The van der Waals surface area contributed by atoms with Crippen molar-refractivity contribution in [2.24, 2.45) is 0 Å². The number of hydrogen-bond acceptors (Lipinski definition) is 6. The van der Waals surface area contributed by atoms with Crippen LogP contribution in [0.3, 0.4) is 0 Å². The summed E-state index contributed by atoms with van der Waals surface area (Å²) in [4.78, 5) is 0. The van der Waals surface area contributed by atoms with Crippen LogP contribution in [0.25, 0.3) is 0 Å². The first kappa shape index (κ1) is 63.0. The molecule has 0 N–H and O–H groups in total. The van der Waals surface area contributed by atoms with Crippen molar-refractivity contribution in [1.82, 2.24) is 0 Å². The third-order valence-corrected chi connectivity index (χ3v) is 9.35. The number of allylic oxidation sites excluding steroid dienone is 16. The zero-order valence-electron chi connectivity index (χ0n) is 40.7. The molecule has 0 amide bonds. The van der Waals surface area contributed by atoms with Crippen LogP contribution in [-0.4, -0.2) is 26.4 Å². The molecular weight excluding hydrogens is 951 g/mol. The van der Waals surface area contributed by atoms with Crippen LogP contribution in [0.1, 0.15) is 158 Å². The molecule has 0 atom stereocenters. The van der Waals surface area contributed by atoms with E-state index < -0.39 is 0 Å². The van der Waals surface area contributed by atoms with Gasteiger partial charge in [0.05, 0.1) is 26.4 Å². The van der Waals surface area contributed by atoms with Crippen LogP contribution >= 0.6 is 0 Å². The normalized spacial score (nSPS) is 13.1. The summed E-state index contributed by atoms with van der Waals surface area (Å²) in [7, 11) is 0. The second kappa shape index (κ2) is 43.8. The predicted molar refractivity (Wildman–Crippen MR) is 257 cm³/mol. The molecule has 0 fully saturated rings. The molecule has 0 saturated carbocycles. The Kier molecular flexibility index (Phi) is 43.1. The molecule has 0 radical (unpaired) electrons. The summed E-state index contributed by atoms with van der Waals surface area (Å²) in [5.74, 6) is 1.07. The summed E-state index contributed by atoms with van der Waals surface area (Å²) in [5.41, 5.74) is 5.66. The number of para-hydroxylation sites is 2. The quantitative estimate of drug-likeness (QED) is 0.123. The summed E-state index contributed by atoms with van der Waals surface area (Å²) >= 11 is 0. The van der Waals surface area contributed by atoms with E-state index in [1.165, 1.54) is 99.3 Å². The van der Waals surface area contributed by atoms with Gasteiger partial charge in [-0.3, -0.25) is 24.3 Å². The monoisotopic (exact) mass is 1030 g/mol. The van der Waals surface area contributed by atoms with Gasteiger partial charge in [0, 0.05) is 0 Å². The van der Waals surface area contributed by atoms with E-state index in [4.69, 9.17) is 18.9 Å². The third kappa shape index (κ3) is 30.2. The molecule has 4 aliphatic rings. The van der Waals surface area contributed by atoms with E-state index in [1.807, 2.05) is 27.7 Å². The van der Waals surface area contributed by atoms with Crippen molar-refractivity contribution >= 4 is 0 Å². The van der Waals surface area contributed by atoms with Gasteiger partial charge in [0.1, 0.15) is 23.0 Å². The first-order valence-electron chi connectivity index (χ1n) is 23.5. The second-order valence-corrected chi connectivity index (χ2v) is 14.5. The van der Waals surface area contributed by atoms with Crippen molar-refractivity contribution in [2.75, 3.05) is 26.4 Å². The van der Waals surface area contributed by atoms with Crippen molar-refractivity contribution in [2.45, 2.75) is 158 Å². The number of ether oxygens (including phenoxy) is 4. The topological polar surface area (TPSA) is 83.0 Å². The Morgan fingerprint density at radius 3 is 0.766 bits per heavy atom. The number of benzene rings is 2. The summed E-state index contributed by atoms with van der Waals surface area (Å²) in [5, 5.41) is 23.0. The van der Waals surface area contributed by atoms with Crippen LogP contribution in [0.2, 0.25) is 0 Å². The number of rotatable bonds is 20. The van der Waals surface area contributed by atoms with Gasteiger partial charge in [-0.05, 0) is 63.5 Å². The van der Waals surface area contributed by atoms with Crippen LogP contribution in [0.15, 0.2) is 107 Å². The molecule has 0 spiro atoms. The molecule has 0 unspecified atom stereocenters. The molecule has 8 heteroatoms. The summed E-state index contributed by atoms with van der Waals surface area (Å²) < 4.78 is 20.5. The molecule has 4 aliphatic carbocycles. The van der Waals surface area contributed by atoms with Gasteiger partial charge in [-0.25, -0.2) is 46.6 Å². The minimum atomic E-state index is -0.175. The van der Waals surface area contributed by atoms with Crippen molar-refractivity contribution in [1.29, 1.82) is 0 Å². The van der Waals surface area contributed by atoms with Gasteiger partial charge in [-0.2, -0.15) is 24.3 Å². The van der Waals surface area contributed by atoms with Crippen LogP contribution in [0.5, 0.6) is 34.5 Å². The van der Waals surface area contributed by atoms with Crippen molar-refractivity contribution < 1.29 is 81.6 Å². The Bertz CT molecular complexity index is 1470. The van der Waals surface area contributed by atoms with E-state index >= 15 is 0 Å². The Hall–Kier alpha value is -3.07. The maximum absolute atomic E-state index is 11.5. The fraction of sp³-hybridized carbons (Fsp3) is 0.500. The number of unbranched alkanes of at least 4 members (excludes halogenated alkanes) is 4. The zero-order valence-corrected chi connectivity index (χ0v) is 45.6. The average Bonchev–Trinajstić information content (AvgIpc) is 4.15. The molecule has 64 heavy (non-hydrogen) atoms. The molecule has 0 heterocycles. The van der Waals surface area contributed by atoms with Crippen molar-refractivity contribution in [3.05, 3.63) is 132 Å². The fourth-order valence-electron chi connectivity index (χ4n) is 6.02. The molecule has 2 aromatic carbocycles. The molecule has 0 aliphatic heterocycles. The molecule has 0 aromatic heterocycles. The standard InChI is InChI=1S/2C10H14O3.4C9H13.2Zr/c2*1-3-12-8-6-5-7-9(10(8)11)13-4-2;4*1-2-3-6-9-7-4-5-8-9;;/h2*5-7,11H,3-4H2,1-2H3;4*4,7H,2-3,5-6H2,1H3;;/q;;4*-1;2*+2/p-2. The van der Waals surface area contributed by atoms with Crippen LogP contribution in [0, 0.1) is 24.3 Å². The first-order chi connectivity index (χ1) is 30.3. The molecule has 6 nitrogen and oxygen atoms in total. The van der Waals surface area contributed by atoms with Gasteiger partial charge in [0.2, 0.25) is 0 Å². The SMILES string of the molecule is CCCCC1=[C-]CC=C1.CCCCC1=[C-]CC=C1.CCCCC1=[C-]CC=C1.CCCCC1=[C-]CC=C1.CCOc1cccc(OCC)c1[O-].CCOc1cccc(OCC)c1[O-].[Zr+2].[Zr+2]. The maximum atomic E-state index is 11.5. The van der Waals surface area contributed by atoms with E-state index in [0.717, 1.165) is 25.7 Å². The van der Waals surface area contributed by atoms with Crippen molar-refractivity contribution in [3.63, 3.8) is 0 Å². The Morgan fingerprint density at radius 1 is 0.391 bits per heavy atom. The Balaban J connectivity index is 0. The van der Waals surface area contributed by atoms with Gasteiger partial charge < -0.3 is 29.2 Å². The van der Waals surface area contributed by atoms with Crippen molar-refractivity contribution in [3.8, 4) is 34.5 Å². The van der Waals surface area contributed by atoms with Crippen LogP contribution in [-0.2, 0) is 52.4 Å². The van der Waals surface area contributed by atoms with Gasteiger partial charge >= 0.3 is 52.4 Å². The zero-order chi connectivity index (χ0) is 45.5. The van der Waals surface area contributed by atoms with Crippen LogP contribution in [0.4, 0.5) is 0 Å². The largest absolute Gasteiger partial charge is 2.00 e. The average molecular weight is 1030 g/mol. The first-order valence-corrected chi connectivity index (χ1v) is 23.5. The molecule has 6 rings (SSSR count). The summed E-state index contributed by atoms with van der Waals surface area (Å²) in [6.07, 6.45) is 50.1. The van der Waals surface area contributed by atoms with Gasteiger partial charge in [0.25, 0.3) is 0 Å². The number of hydrogen-bond donors (Lipinski definition) is 0. The van der Waals surface area contributed by atoms with E-state index in [0.29, 0.717) is 49.4 Å². The molecule has 0 saturated heterocycles. The minimum Gasteiger partial charge on any atom is -0.867 e. The van der Waals surface area contributed by atoms with E-state index in [-0.39, 0.29) is 63.9 Å². The Morgan fingerprint density at radius 2 is 0.609 bits per heavy atom. The van der Waals surface area contributed by atoms with E-state index in [9.17, 15) is 10.2 Å². The molecule has 348 valence electrons. The molecule has 0 bridgehead atoms. The summed E-state index contributed by atoms with van der Waals surface area (Å²) in [6, 6.07) is 10.1. The maximum Gasteiger partial charge on any atom is 2.00 e. The van der Waals surface area contributed by atoms with Crippen LogP contribution < -0.4 is 29.2 Å². The van der Waals surface area contributed by atoms with Gasteiger partial charge in [-0.15, -0.1) is 25.7 Å². The molecule has 2 aromatic rings. The third-order valence-electron chi connectivity index (χ3n) is 9.35. The second-order valence-electron chi connectivity index (χ2n) is 14.5. The van der Waals surface area contributed by atoms with Gasteiger partial charge in [0.15, 0.2) is 0 Å². The van der Waals surface area contributed by atoms with E-state index in [1.54, 1.807) is 36.4 Å². The Labute approximate surface area is 429 Å². The molecular formula is C56H78O6Zr2-2. The predicted octanol–water partition coefficient (Wildman–Crippen LogP) is 14.6. The minimum absolute atomic E-state index is 0. The smallest absolute Gasteiger partial charge is 0.867 e.